The molecule has 0 bridgehead atoms. The molecule has 3 aromatic carbocycles. The van der Waals surface area contributed by atoms with Crippen molar-refractivity contribution in [2.24, 2.45) is 0 Å². The van der Waals surface area contributed by atoms with E-state index in [9.17, 15) is 13.9 Å². The van der Waals surface area contributed by atoms with Gasteiger partial charge in [-0.25, -0.2) is 23.1 Å². The number of hydrogen-bond acceptors (Lipinski definition) is 6. The van der Waals surface area contributed by atoms with E-state index >= 15 is 4.39 Å². The molecule has 1 N–H and O–H groups in total. The number of benzene rings is 3. The molecule has 1 heterocycles. The third-order valence-electron chi connectivity index (χ3n) is 7.26. The summed E-state index contributed by atoms with van der Waals surface area (Å²) in [5, 5.41) is 13.1. The number of aliphatic hydroxyl groups excluding tert-OH is 1. The molecule has 0 saturated heterocycles. The van der Waals surface area contributed by atoms with Crippen LogP contribution in [0.1, 0.15) is 27.2 Å². The fraction of sp³-hybridized carbons (Fsp3) is 0.355. The number of nitrogens with zero attached hydrogens (tertiary/aromatic N) is 3. The van der Waals surface area contributed by atoms with Crippen molar-refractivity contribution in [2.45, 2.75) is 49.9 Å². The molecule has 0 spiro atoms. The van der Waals surface area contributed by atoms with Crippen molar-refractivity contribution >= 4 is 74.7 Å². The lowest BCUT2D eigenvalue weighted by Crippen LogP contribution is -2.67. The second-order valence-electron chi connectivity index (χ2n) is 11.2. The molecule has 1 aromatic heterocycles. The maximum Gasteiger partial charge on any atom is 0.261 e. The largest absolute Gasteiger partial charge is 0.405 e. The second kappa shape index (κ2) is 14.3. The highest BCUT2D eigenvalue weighted by atomic mass is 79.9. The van der Waals surface area contributed by atoms with E-state index in [0.717, 1.165) is 10.4 Å². The van der Waals surface area contributed by atoms with Gasteiger partial charge < -0.3 is 14.4 Å². The van der Waals surface area contributed by atoms with Gasteiger partial charge in [-0.3, -0.25) is 0 Å². The van der Waals surface area contributed by atoms with Crippen LogP contribution >= 0.6 is 39.3 Å². The smallest absolute Gasteiger partial charge is 0.261 e. The minimum atomic E-state index is -2.91. The number of aromatic nitrogens is 2. The SMILES string of the molecule is CSc1nc(N(CCC(O)CO[Si](c2ccccc2)(c2ccccc2)C(C)(C)C)CC(F)F)c2c(F)c(Cl)c(Br)cc2n1. The van der Waals surface area contributed by atoms with Gasteiger partial charge in [0, 0.05) is 11.0 Å². The number of rotatable bonds is 12. The molecule has 4 rings (SSSR count). The number of aliphatic hydroxyl groups is 1. The van der Waals surface area contributed by atoms with Gasteiger partial charge in [-0.1, -0.05) is 105 Å². The molecular formula is C31H34BrClF3N3O2SSi. The van der Waals surface area contributed by atoms with Gasteiger partial charge in [-0.15, -0.1) is 0 Å². The molecule has 0 saturated carbocycles. The average Bonchev–Trinajstić information content (AvgIpc) is 2.98. The Labute approximate surface area is 269 Å². The highest BCUT2D eigenvalue weighted by molar-refractivity contribution is 9.10. The zero-order valence-corrected chi connectivity index (χ0v) is 28.5. The fourth-order valence-corrected chi connectivity index (χ4v) is 10.8. The van der Waals surface area contributed by atoms with E-state index in [2.05, 4.69) is 70.9 Å². The quantitative estimate of drug-likeness (QED) is 0.0720. The Morgan fingerprint density at radius 2 is 1.63 bits per heavy atom. The van der Waals surface area contributed by atoms with Gasteiger partial charge in [0.1, 0.15) is 5.82 Å². The van der Waals surface area contributed by atoms with Crippen molar-refractivity contribution in [3.8, 4) is 0 Å². The van der Waals surface area contributed by atoms with E-state index in [0.29, 0.717) is 9.63 Å². The summed E-state index contributed by atoms with van der Waals surface area (Å²) < 4.78 is 50.2. The average molecular weight is 713 g/mol. The zero-order valence-electron chi connectivity index (χ0n) is 24.3. The first kappa shape index (κ1) is 33.7. The van der Waals surface area contributed by atoms with Crippen molar-refractivity contribution in [2.75, 3.05) is 30.9 Å². The van der Waals surface area contributed by atoms with Gasteiger partial charge in [-0.05, 0) is 50.1 Å². The molecule has 0 aliphatic rings. The molecule has 0 fully saturated rings. The van der Waals surface area contributed by atoms with Gasteiger partial charge in [0.25, 0.3) is 14.7 Å². The van der Waals surface area contributed by atoms with Gasteiger partial charge in [0.2, 0.25) is 0 Å². The van der Waals surface area contributed by atoms with Gasteiger partial charge in [0.15, 0.2) is 11.0 Å². The van der Waals surface area contributed by atoms with Gasteiger partial charge in [-0.2, -0.15) is 0 Å². The van der Waals surface area contributed by atoms with Gasteiger partial charge in [0.05, 0.1) is 35.2 Å². The first-order chi connectivity index (χ1) is 20.4. The molecule has 1 unspecified atom stereocenters. The zero-order chi connectivity index (χ0) is 31.4. The van der Waals surface area contributed by atoms with Crippen molar-refractivity contribution < 1.29 is 22.7 Å². The molecule has 1 atom stereocenters. The molecule has 5 nitrogen and oxygen atoms in total. The summed E-state index contributed by atoms with van der Waals surface area (Å²) in [5.41, 5.74) is 0.234. The minimum Gasteiger partial charge on any atom is -0.405 e. The second-order valence-corrected chi connectivity index (χ2v) is 17.5. The Balaban J connectivity index is 1.64. The number of fused-ring (bicyclic) bond motifs is 1. The third-order valence-corrected chi connectivity index (χ3v) is 14.0. The summed E-state index contributed by atoms with van der Waals surface area (Å²) in [7, 11) is -2.91. The van der Waals surface area contributed by atoms with Crippen molar-refractivity contribution in [3.63, 3.8) is 0 Å². The van der Waals surface area contributed by atoms with Crippen LogP contribution in [0.5, 0.6) is 0 Å². The van der Waals surface area contributed by atoms with Gasteiger partial charge >= 0.3 is 0 Å². The lowest BCUT2D eigenvalue weighted by molar-refractivity contribution is 0.0948. The van der Waals surface area contributed by atoms with E-state index < -0.39 is 33.2 Å². The van der Waals surface area contributed by atoms with Crippen LogP contribution in [0.15, 0.2) is 76.4 Å². The Bertz CT molecular complexity index is 1490. The Morgan fingerprint density at radius 1 is 1.05 bits per heavy atom. The lowest BCUT2D eigenvalue weighted by atomic mass is 10.2. The van der Waals surface area contributed by atoms with Crippen molar-refractivity contribution in [1.82, 2.24) is 9.97 Å². The van der Waals surface area contributed by atoms with E-state index in [1.165, 1.54) is 16.7 Å². The summed E-state index contributed by atoms with van der Waals surface area (Å²) >= 11 is 10.6. The predicted molar refractivity (Wildman–Crippen MR) is 176 cm³/mol. The third kappa shape index (κ3) is 7.40. The molecule has 4 aromatic rings. The van der Waals surface area contributed by atoms with Crippen LogP contribution in [0.25, 0.3) is 10.9 Å². The van der Waals surface area contributed by atoms with E-state index in [4.69, 9.17) is 16.0 Å². The monoisotopic (exact) mass is 711 g/mol. The molecular weight excluding hydrogens is 679 g/mol. The summed E-state index contributed by atoms with van der Waals surface area (Å²) in [5.74, 6) is -0.801. The molecule has 0 radical (unpaired) electrons. The number of thioether (sulfide) groups is 1. The highest BCUT2D eigenvalue weighted by Crippen LogP contribution is 2.38. The van der Waals surface area contributed by atoms with E-state index in [-0.39, 0.29) is 46.4 Å². The molecule has 0 aliphatic carbocycles. The maximum atomic E-state index is 15.4. The topological polar surface area (TPSA) is 58.5 Å². The van der Waals surface area contributed by atoms with Crippen LogP contribution in [-0.4, -0.2) is 61.9 Å². The van der Waals surface area contributed by atoms with Crippen LogP contribution in [0.3, 0.4) is 0 Å². The van der Waals surface area contributed by atoms with E-state index in [1.807, 2.05) is 36.4 Å². The number of halogens is 5. The molecule has 12 heteroatoms. The summed E-state index contributed by atoms with van der Waals surface area (Å²) in [6, 6.07) is 21.6. The van der Waals surface area contributed by atoms with Crippen LogP contribution in [0.4, 0.5) is 19.0 Å². The summed E-state index contributed by atoms with van der Waals surface area (Å²) in [6.07, 6.45) is -1.90. The summed E-state index contributed by atoms with van der Waals surface area (Å²) in [4.78, 5) is 10.0. The van der Waals surface area contributed by atoms with Crippen LogP contribution in [-0.2, 0) is 4.43 Å². The summed E-state index contributed by atoms with van der Waals surface area (Å²) in [6.45, 7) is 5.66. The number of alkyl halides is 2. The highest BCUT2D eigenvalue weighted by Gasteiger charge is 2.50. The molecule has 230 valence electrons. The number of anilines is 1. The van der Waals surface area contributed by atoms with Crippen molar-refractivity contribution in [3.05, 3.63) is 82.0 Å². The minimum absolute atomic E-state index is 0.00153. The lowest BCUT2D eigenvalue weighted by Gasteiger charge is -2.43. The molecule has 0 amide bonds. The van der Waals surface area contributed by atoms with Crippen LogP contribution in [0.2, 0.25) is 10.1 Å². The van der Waals surface area contributed by atoms with E-state index in [1.54, 1.807) is 12.3 Å². The standard InChI is InChI=1S/C31H34BrClF3N3O2SSi/c1-31(2,3)43(21-11-7-5-8-12-21,22-13-9-6-10-14-22)41-19-20(40)15-16-39(18-25(34)35)29-26-24(37-30(38-29)42-4)17-23(32)27(33)28(26)36/h5-14,17,20,25,40H,15-16,18-19H2,1-4H3. The maximum absolute atomic E-state index is 15.4. The normalized spacial score (nSPS) is 13.1. The molecule has 0 aliphatic heterocycles. The predicted octanol–water partition coefficient (Wildman–Crippen LogP) is 7.31. The van der Waals surface area contributed by atoms with Crippen LogP contribution < -0.4 is 15.3 Å². The number of hydrogen-bond donors (Lipinski definition) is 1. The Hall–Kier alpha value is -2.15. The fourth-order valence-electron chi connectivity index (χ4n) is 5.30. The first-order valence-corrected chi connectivity index (χ1v) is 18.0. The molecule has 43 heavy (non-hydrogen) atoms. The van der Waals surface area contributed by atoms with Crippen molar-refractivity contribution in [1.29, 1.82) is 0 Å². The van der Waals surface area contributed by atoms with Crippen LogP contribution in [0, 0.1) is 5.82 Å². The first-order valence-electron chi connectivity index (χ1n) is 13.7. The Morgan fingerprint density at radius 3 is 2.14 bits per heavy atom. The Kier molecular flexibility index (Phi) is 11.2.